The van der Waals surface area contributed by atoms with Crippen molar-refractivity contribution in [3.63, 3.8) is 0 Å². The molecule has 1 heterocycles. The third-order valence-corrected chi connectivity index (χ3v) is 5.88. The van der Waals surface area contributed by atoms with Gasteiger partial charge in [-0.25, -0.2) is 0 Å². The molecule has 1 aliphatic carbocycles. The molecule has 1 saturated carbocycles. The molecule has 27 heavy (non-hydrogen) atoms. The molecule has 2 fully saturated rings. The van der Waals surface area contributed by atoms with Gasteiger partial charge in [-0.1, -0.05) is 23.7 Å². The van der Waals surface area contributed by atoms with Gasteiger partial charge in [0.05, 0.1) is 0 Å². The van der Waals surface area contributed by atoms with Crippen LogP contribution in [0.2, 0.25) is 5.02 Å². The average molecular weight is 506 g/mol. The van der Waals surface area contributed by atoms with Crippen molar-refractivity contribution in [2.75, 3.05) is 59.9 Å². The monoisotopic (exact) mass is 505 g/mol. The van der Waals surface area contributed by atoms with Crippen LogP contribution < -0.4 is 10.6 Å². The number of likely N-dealkylation sites (N-methyl/N-ethyl adjacent to an activating group) is 1. The van der Waals surface area contributed by atoms with E-state index in [0.29, 0.717) is 0 Å². The number of nitrogens with zero attached hydrogens (tertiary/aromatic N) is 3. The summed E-state index contributed by atoms with van der Waals surface area (Å²) in [5.41, 5.74) is 1.55. The number of hydrogen-bond acceptors (Lipinski definition) is 3. The average Bonchev–Trinajstić information content (AvgIpc) is 3.44. The third-order valence-electron chi connectivity index (χ3n) is 5.64. The Kier molecular flexibility index (Phi) is 9.11. The van der Waals surface area contributed by atoms with E-state index in [9.17, 15) is 0 Å². The molecule has 1 saturated heterocycles. The maximum absolute atomic E-state index is 6.17. The maximum Gasteiger partial charge on any atom is 0.191 e. The van der Waals surface area contributed by atoms with E-state index in [2.05, 4.69) is 44.6 Å². The van der Waals surface area contributed by atoms with Crippen molar-refractivity contribution in [2.24, 2.45) is 4.99 Å². The second kappa shape index (κ2) is 10.8. The lowest BCUT2D eigenvalue weighted by Gasteiger charge is -2.22. The number of hydrogen-bond donors (Lipinski definition) is 2. The van der Waals surface area contributed by atoms with Crippen LogP contribution in [0, 0.1) is 0 Å². The highest BCUT2D eigenvalue weighted by Crippen LogP contribution is 2.48. The first-order valence-electron chi connectivity index (χ1n) is 9.73. The topological polar surface area (TPSA) is 42.9 Å². The number of halogens is 2. The SMILES string of the molecule is CN=C(NCCN1CCCN(C)CC1)NCC1(c2cccc(Cl)c2)CC1.I. The van der Waals surface area contributed by atoms with Crippen molar-refractivity contribution in [1.82, 2.24) is 20.4 Å². The molecule has 0 spiro atoms. The van der Waals surface area contributed by atoms with Crippen molar-refractivity contribution in [2.45, 2.75) is 24.7 Å². The molecule has 5 nitrogen and oxygen atoms in total. The fourth-order valence-corrected chi connectivity index (χ4v) is 3.86. The Hall–Kier alpha value is -0.570. The summed E-state index contributed by atoms with van der Waals surface area (Å²) in [6.07, 6.45) is 3.67. The summed E-state index contributed by atoms with van der Waals surface area (Å²) in [7, 11) is 4.05. The van der Waals surface area contributed by atoms with E-state index < -0.39 is 0 Å². The zero-order valence-corrected chi connectivity index (χ0v) is 19.6. The van der Waals surface area contributed by atoms with E-state index in [1.165, 1.54) is 37.9 Å². The van der Waals surface area contributed by atoms with Crippen molar-refractivity contribution in [3.8, 4) is 0 Å². The highest BCUT2D eigenvalue weighted by Gasteiger charge is 2.44. The fourth-order valence-electron chi connectivity index (χ4n) is 3.67. The Morgan fingerprint density at radius 3 is 2.70 bits per heavy atom. The van der Waals surface area contributed by atoms with Crippen LogP contribution in [-0.4, -0.2) is 75.7 Å². The van der Waals surface area contributed by atoms with E-state index in [1.54, 1.807) is 0 Å². The highest BCUT2D eigenvalue weighted by molar-refractivity contribution is 14.0. The first kappa shape index (κ1) is 22.7. The van der Waals surface area contributed by atoms with Crippen LogP contribution in [-0.2, 0) is 5.41 Å². The summed E-state index contributed by atoms with van der Waals surface area (Å²) in [6, 6.07) is 8.27. The van der Waals surface area contributed by atoms with Crippen molar-refractivity contribution >= 4 is 41.5 Å². The van der Waals surface area contributed by atoms with E-state index in [0.717, 1.165) is 43.7 Å². The predicted octanol–water partition coefficient (Wildman–Crippen LogP) is 2.79. The Labute approximate surface area is 185 Å². The van der Waals surface area contributed by atoms with Crippen LogP contribution in [0.25, 0.3) is 0 Å². The summed E-state index contributed by atoms with van der Waals surface area (Å²) < 4.78 is 0. The van der Waals surface area contributed by atoms with Crippen molar-refractivity contribution in [1.29, 1.82) is 0 Å². The molecule has 1 aromatic rings. The first-order valence-corrected chi connectivity index (χ1v) is 10.1. The Balaban J connectivity index is 0.00000261. The van der Waals surface area contributed by atoms with Crippen LogP contribution in [0.1, 0.15) is 24.8 Å². The van der Waals surface area contributed by atoms with E-state index >= 15 is 0 Å². The molecular weight excluding hydrogens is 473 g/mol. The normalized spacial score (nSPS) is 20.5. The highest BCUT2D eigenvalue weighted by atomic mass is 127. The van der Waals surface area contributed by atoms with Gasteiger partial charge < -0.3 is 20.4 Å². The standard InChI is InChI=1S/C20H32ClN5.HI/c1-22-19(23-9-12-26-11-4-10-25(2)13-14-26)24-16-20(7-8-20)17-5-3-6-18(21)15-17;/h3,5-6,15H,4,7-14,16H2,1-2H3,(H2,22,23,24);1H. The Morgan fingerprint density at radius 1 is 1.19 bits per heavy atom. The van der Waals surface area contributed by atoms with Crippen molar-refractivity contribution < 1.29 is 0 Å². The van der Waals surface area contributed by atoms with E-state index in [1.807, 2.05) is 19.2 Å². The number of benzene rings is 1. The zero-order chi connectivity index (χ0) is 18.4. The molecule has 3 rings (SSSR count). The van der Waals surface area contributed by atoms with Gasteiger partial charge in [-0.2, -0.15) is 0 Å². The molecule has 1 aliphatic heterocycles. The molecular formula is C20H33ClIN5. The van der Waals surface area contributed by atoms with Gasteiger partial charge in [-0.15, -0.1) is 24.0 Å². The molecule has 152 valence electrons. The largest absolute Gasteiger partial charge is 0.356 e. The van der Waals surface area contributed by atoms with Gasteiger partial charge in [0.15, 0.2) is 5.96 Å². The summed E-state index contributed by atoms with van der Waals surface area (Å²) in [5, 5.41) is 7.80. The first-order chi connectivity index (χ1) is 12.6. The lowest BCUT2D eigenvalue weighted by atomic mass is 9.96. The number of rotatable bonds is 6. The van der Waals surface area contributed by atoms with E-state index in [-0.39, 0.29) is 29.4 Å². The lowest BCUT2D eigenvalue weighted by Crippen LogP contribution is -2.44. The van der Waals surface area contributed by atoms with Gasteiger partial charge in [0.2, 0.25) is 0 Å². The predicted molar refractivity (Wildman–Crippen MR) is 126 cm³/mol. The zero-order valence-electron chi connectivity index (χ0n) is 16.5. The molecule has 0 bridgehead atoms. The van der Waals surface area contributed by atoms with Crippen LogP contribution >= 0.6 is 35.6 Å². The third kappa shape index (κ3) is 6.76. The van der Waals surface area contributed by atoms with Gasteiger partial charge >= 0.3 is 0 Å². The lowest BCUT2D eigenvalue weighted by molar-refractivity contribution is 0.280. The number of nitrogens with one attached hydrogen (secondary N) is 2. The van der Waals surface area contributed by atoms with Crippen LogP contribution in [0.5, 0.6) is 0 Å². The number of aliphatic imine (C=N–C) groups is 1. The molecule has 0 atom stereocenters. The van der Waals surface area contributed by atoms with Gasteiger partial charge in [0.1, 0.15) is 0 Å². The summed E-state index contributed by atoms with van der Waals surface area (Å²) in [5.74, 6) is 0.894. The second-order valence-corrected chi connectivity index (χ2v) is 8.08. The van der Waals surface area contributed by atoms with Crippen LogP contribution in [0.15, 0.2) is 29.3 Å². The molecule has 2 N–H and O–H groups in total. The molecule has 7 heteroatoms. The minimum absolute atomic E-state index is 0. The fraction of sp³-hybridized carbons (Fsp3) is 0.650. The van der Waals surface area contributed by atoms with E-state index in [4.69, 9.17) is 11.6 Å². The molecule has 2 aliphatic rings. The second-order valence-electron chi connectivity index (χ2n) is 7.64. The Bertz CT molecular complexity index is 620. The number of guanidine groups is 1. The van der Waals surface area contributed by atoms with Crippen LogP contribution in [0.3, 0.4) is 0 Å². The quantitative estimate of drug-likeness (QED) is 0.354. The van der Waals surface area contributed by atoms with Gasteiger partial charge in [-0.3, -0.25) is 4.99 Å². The molecule has 0 amide bonds. The van der Waals surface area contributed by atoms with Crippen LogP contribution in [0.4, 0.5) is 0 Å². The summed E-state index contributed by atoms with van der Waals surface area (Å²) in [6.45, 7) is 7.61. The summed E-state index contributed by atoms with van der Waals surface area (Å²) in [4.78, 5) is 9.34. The maximum atomic E-state index is 6.17. The van der Waals surface area contributed by atoms with Gasteiger partial charge in [0.25, 0.3) is 0 Å². The Morgan fingerprint density at radius 2 is 2.00 bits per heavy atom. The molecule has 0 aromatic heterocycles. The molecule has 1 aromatic carbocycles. The summed E-state index contributed by atoms with van der Waals surface area (Å²) >= 11 is 6.17. The smallest absolute Gasteiger partial charge is 0.191 e. The van der Waals surface area contributed by atoms with Crippen molar-refractivity contribution in [3.05, 3.63) is 34.9 Å². The van der Waals surface area contributed by atoms with Gasteiger partial charge in [0, 0.05) is 50.2 Å². The van der Waals surface area contributed by atoms with Gasteiger partial charge in [-0.05, 0) is 57.1 Å². The molecule has 0 unspecified atom stereocenters. The molecule has 0 radical (unpaired) electrons. The minimum Gasteiger partial charge on any atom is -0.356 e. The minimum atomic E-state index is 0.